The first-order valence-corrected chi connectivity index (χ1v) is 6.07. The van der Waals surface area contributed by atoms with E-state index in [-0.39, 0.29) is 12.6 Å². The van der Waals surface area contributed by atoms with Crippen LogP contribution in [-0.2, 0) is 6.61 Å². The van der Waals surface area contributed by atoms with Gasteiger partial charge >= 0.3 is 6.01 Å². The van der Waals surface area contributed by atoms with Gasteiger partial charge in [0.15, 0.2) is 11.5 Å². The van der Waals surface area contributed by atoms with Gasteiger partial charge in [0.05, 0.1) is 18.9 Å². The lowest BCUT2D eigenvalue weighted by Gasteiger charge is -2.10. The lowest BCUT2D eigenvalue weighted by molar-refractivity contribution is 0.279. The number of aliphatic hydroxyl groups excluding tert-OH is 1. The van der Waals surface area contributed by atoms with Gasteiger partial charge in [-0.25, -0.2) is 4.98 Å². The third-order valence-electron chi connectivity index (χ3n) is 2.58. The summed E-state index contributed by atoms with van der Waals surface area (Å²) in [7, 11) is 0. The molecule has 1 aromatic heterocycles. The van der Waals surface area contributed by atoms with Crippen LogP contribution in [0.5, 0.6) is 17.5 Å². The number of benzene rings is 1. The predicted octanol–water partition coefficient (Wildman–Crippen LogP) is 2.47. The van der Waals surface area contributed by atoms with E-state index in [2.05, 4.69) is 9.97 Å². The Labute approximate surface area is 111 Å². The van der Waals surface area contributed by atoms with Crippen molar-refractivity contribution in [3.63, 3.8) is 0 Å². The highest BCUT2D eigenvalue weighted by atomic mass is 16.5. The molecule has 5 nitrogen and oxygen atoms in total. The topological polar surface area (TPSA) is 64.5 Å². The van der Waals surface area contributed by atoms with Gasteiger partial charge in [0.25, 0.3) is 0 Å². The van der Waals surface area contributed by atoms with Crippen LogP contribution in [0.25, 0.3) is 0 Å². The van der Waals surface area contributed by atoms with Crippen molar-refractivity contribution in [2.24, 2.45) is 0 Å². The maximum absolute atomic E-state index is 9.07. The summed E-state index contributed by atoms with van der Waals surface area (Å²) < 4.78 is 11.1. The fourth-order valence-electron chi connectivity index (χ4n) is 1.58. The minimum atomic E-state index is -0.0817. The van der Waals surface area contributed by atoms with Crippen molar-refractivity contribution in [1.29, 1.82) is 0 Å². The van der Waals surface area contributed by atoms with Crippen LogP contribution < -0.4 is 9.47 Å². The first-order chi connectivity index (χ1) is 9.24. The molecule has 0 spiro atoms. The van der Waals surface area contributed by atoms with E-state index < -0.39 is 0 Å². The highest BCUT2D eigenvalue weighted by Crippen LogP contribution is 2.29. The summed E-state index contributed by atoms with van der Waals surface area (Å²) >= 11 is 0. The van der Waals surface area contributed by atoms with E-state index in [1.54, 1.807) is 19.2 Å². The van der Waals surface area contributed by atoms with E-state index >= 15 is 0 Å². The molecular formula is C14H16N2O3. The van der Waals surface area contributed by atoms with Crippen LogP contribution in [-0.4, -0.2) is 21.7 Å². The van der Waals surface area contributed by atoms with Crippen LogP contribution in [0.3, 0.4) is 0 Å². The lowest BCUT2D eigenvalue weighted by atomic mass is 10.3. The van der Waals surface area contributed by atoms with Crippen LogP contribution in [0, 0.1) is 6.92 Å². The second-order valence-corrected chi connectivity index (χ2v) is 3.90. The molecule has 1 aromatic carbocycles. The summed E-state index contributed by atoms with van der Waals surface area (Å²) in [6.07, 6.45) is 1.56. The van der Waals surface area contributed by atoms with Crippen molar-refractivity contribution in [3.8, 4) is 17.5 Å². The number of nitrogens with zero attached hydrogens (tertiary/aromatic N) is 2. The van der Waals surface area contributed by atoms with E-state index in [1.165, 1.54) is 0 Å². The zero-order valence-electron chi connectivity index (χ0n) is 11.0. The van der Waals surface area contributed by atoms with E-state index in [9.17, 15) is 0 Å². The molecule has 0 aliphatic carbocycles. The third-order valence-corrected chi connectivity index (χ3v) is 2.58. The molecule has 0 saturated carbocycles. The number of hydrogen-bond acceptors (Lipinski definition) is 5. The molecule has 0 aliphatic rings. The maximum atomic E-state index is 9.07. The summed E-state index contributed by atoms with van der Waals surface area (Å²) in [4.78, 5) is 8.25. The van der Waals surface area contributed by atoms with E-state index in [0.29, 0.717) is 29.4 Å². The Bertz CT molecular complexity index is 558. The Hall–Kier alpha value is -2.14. The van der Waals surface area contributed by atoms with Crippen LogP contribution in [0.4, 0.5) is 0 Å². The molecule has 0 radical (unpaired) electrons. The molecule has 1 heterocycles. The Morgan fingerprint density at radius 3 is 2.58 bits per heavy atom. The highest BCUT2D eigenvalue weighted by molar-refractivity contribution is 5.41. The fraction of sp³-hybridized carbons (Fsp3) is 0.286. The first kappa shape index (κ1) is 13.3. The van der Waals surface area contributed by atoms with Crippen molar-refractivity contribution in [2.75, 3.05) is 6.61 Å². The average molecular weight is 260 g/mol. The summed E-state index contributed by atoms with van der Waals surface area (Å²) in [5.74, 6) is 1.22. The molecule has 2 rings (SSSR count). The molecule has 0 amide bonds. The second kappa shape index (κ2) is 6.15. The van der Waals surface area contributed by atoms with Gasteiger partial charge in [-0.3, -0.25) is 0 Å². The molecule has 5 heteroatoms. The van der Waals surface area contributed by atoms with Crippen LogP contribution >= 0.6 is 0 Å². The maximum Gasteiger partial charge on any atom is 0.322 e. The smallest absolute Gasteiger partial charge is 0.322 e. The zero-order valence-corrected chi connectivity index (χ0v) is 11.0. The minimum Gasteiger partial charge on any atom is -0.490 e. The zero-order chi connectivity index (χ0) is 13.7. The molecular weight excluding hydrogens is 244 g/mol. The number of hydrogen-bond donors (Lipinski definition) is 1. The minimum absolute atomic E-state index is 0.0817. The standard InChI is InChI=1S/C14H16N2O3/c1-3-18-12-6-4-5-7-13(12)19-14-15-8-11(9-17)10(2)16-14/h4-8,17H,3,9H2,1-2H3. The normalized spacial score (nSPS) is 10.3. The Balaban J connectivity index is 2.23. The molecule has 1 N–H and O–H groups in total. The average Bonchev–Trinajstić information content (AvgIpc) is 2.41. The quantitative estimate of drug-likeness (QED) is 0.894. The molecule has 100 valence electrons. The van der Waals surface area contributed by atoms with Gasteiger partial charge in [0, 0.05) is 11.8 Å². The molecule has 0 aliphatic heterocycles. The highest BCUT2D eigenvalue weighted by Gasteiger charge is 2.08. The summed E-state index contributed by atoms with van der Waals surface area (Å²) in [6, 6.07) is 7.59. The first-order valence-electron chi connectivity index (χ1n) is 6.07. The van der Waals surface area contributed by atoms with Crippen molar-refractivity contribution in [3.05, 3.63) is 41.7 Å². The van der Waals surface area contributed by atoms with Crippen molar-refractivity contribution in [1.82, 2.24) is 9.97 Å². The van der Waals surface area contributed by atoms with Crippen LogP contribution in [0.1, 0.15) is 18.2 Å². The molecule has 0 atom stereocenters. The fourth-order valence-corrected chi connectivity index (χ4v) is 1.58. The third kappa shape index (κ3) is 3.20. The largest absolute Gasteiger partial charge is 0.490 e. The Morgan fingerprint density at radius 1 is 1.21 bits per heavy atom. The Morgan fingerprint density at radius 2 is 1.95 bits per heavy atom. The van der Waals surface area contributed by atoms with Crippen LogP contribution in [0.2, 0.25) is 0 Å². The van der Waals surface area contributed by atoms with Gasteiger partial charge in [0.1, 0.15) is 0 Å². The molecule has 19 heavy (non-hydrogen) atoms. The number of ether oxygens (including phenoxy) is 2. The van der Waals surface area contributed by atoms with E-state index in [0.717, 1.165) is 0 Å². The summed E-state index contributed by atoms with van der Waals surface area (Å²) in [5.41, 5.74) is 1.38. The summed E-state index contributed by atoms with van der Waals surface area (Å²) in [6.45, 7) is 4.19. The van der Waals surface area contributed by atoms with Gasteiger partial charge in [-0.05, 0) is 26.0 Å². The number of aliphatic hydroxyl groups is 1. The van der Waals surface area contributed by atoms with Gasteiger partial charge in [-0.2, -0.15) is 4.98 Å². The van der Waals surface area contributed by atoms with Gasteiger partial charge in [0.2, 0.25) is 0 Å². The number of aryl methyl sites for hydroxylation is 1. The summed E-state index contributed by atoms with van der Waals surface area (Å²) in [5, 5.41) is 9.07. The van der Waals surface area contributed by atoms with Crippen molar-refractivity contribution < 1.29 is 14.6 Å². The molecule has 0 bridgehead atoms. The number of rotatable bonds is 5. The SMILES string of the molecule is CCOc1ccccc1Oc1ncc(CO)c(C)n1. The Kier molecular flexibility index (Phi) is 4.30. The van der Waals surface area contributed by atoms with Crippen LogP contribution in [0.15, 0.2) is 30.5 Å². The van der Waals surface area contributed by atoms with E-state index in [4.69, 9.17) is 14.6 Å². The number of para-hydroxylation sites is 2. The molecule has 2 aromatic rings. The van der Waals surface area contributed by atoms with E-state index in [1.807, 2.05) is 25.1 Å². The predicted molar refractivity (Wildman–Crippen MR) is 70.4 cm³/mol. The lowest BCUT2D eigenvalue weighted by Crippen LogP contribution is -2.00. The molecule has 0 fully saturated rings. The van der Waals surface area contributed by atoms with Gasteiger partial charge in [-0.1, -0.05) is 12.1 Å². The monoisotopic (exact) mass is 260 g/mol. The molecule has 0 unspecified atom stereocenters. The van der Waals surface area contributed by atoms with Crippen molar-refractivity contribution in [2.45, 2.75) is 20.5 Å². The van der Waals surface area contributed by atoms with Crippen molar-refractivity contribution >= 4 is 0 Å². The van der Waals surface area contributed by atoms with Gasteiger partial charge < -0.3 is 14.6 Å². The molecule has 0 saturated heterocycles. The second-order valence-electron chi connectivity index (χ2n) is 3.90. The number of aromatic nitrogens is 2. The van der Waals surface area contributed by atoms with Gasteiger partial charge in [-0.15, -0.1) is 0 Å².